The number of ether oxygens (including phenoxy) is 2. The molecule has 4 aromatic rings. The summed E-state index contributed by atoms with van der Waals surface area (Å²) in [5.74, 6) is 1.57. The molecule has 33 heavy (non-hydrogen) atoms. The monoisotopic (exact) mass is 446 g/mol. The van der Waals surface area contributed by atoms with Gasteiger partial charge in [0.25, 0.3) is 0 Å². The Morgan fingerprint density at radius 3 is 2.76 bits per heavy atom. The normalized spacial score (nSPS) is 13.8. The molecule has 1 aliphatic rings. The molecule has 0 aliphatic carbocycles. The molecule has 0 radical (unpaired) electrons. The molecule has 4 heterocycles. The fourth-order valence-corrected chi connectivity index (χ4v) is 4.12. The van der Waals surface area contributed by atoms with Crippen molar-refractivity contribution < 1.29 is 14.0 Å². The average molecular weight is 447 g/mol. The number of aryl methyl sites for hydroxylation is 1. The van der Waals surface area contributed by atoms with Crippen molar-refractivity contribution in [1.82, 2.24) is 14.4 Å². The van der Waals surface area contributed by atoms with Gasteiger partial charge in [0.15, 0.2) is 0 Å². The number of pyridine rings is 1. The Balaban J connectivity index is 1.53. The van der Waals surface area contributed by atoms with Gasteiger partial charge in [-0.2, -0.15) is 4.40 Å². The number of fused-ring (bicyclic) bond motifs is 1. The molecular weight excluding hydrogens is 418 g/mol. The van der Waals surface area contributed by atoms with Crippen molar-refractivity contribution in [3.63, 3.8) is 0 Å². The number of hydrogen-bond donors (Lipinski definition) is 2. The van der Waals surface area contributed by atoms with Crippen LogP contribution in [0.1, 0.15) is 0 Å². The number of rotatable bonds is 6. The predicted molar refractivity (Wildman–Crippen MR) is 128 cm³/mol. The molecule has 0 unspecified atom stereocenters. The maximum Gasteiger partial charge on any atom is 0.329 e. The number of morpholine rings is 1. The van der Waals surface area contributed by atoms with Gasteiger partial charge in [0.1, 0.15) is 30.0 Å². The molecule has 0 saturated carbocycles. The van der Waals surface area contributed by atoms with Crippen LogP contribution in [0.25, 0.3) is 16.9 Å². The van der Waals surface area contributed by atoms with Crippen molar-refractivity contribution in [2.45, 2.75) is 0 Å². The van der Waals surface area contributed by atoms with E-state index in [1.54, 1.807) is 13.3 Å². The van der Waals surface area contributed by atoms with Crippen LogP contribution in [-0.2, 0) is 11.8 Å². The van der Waals surface area contributed by atoms with Gasteiger partial charge in [0.05, 0.1) is 38.7 Å². The largest absolute Gasteiger partial charge is 0.495 e. The summed E-state index contributed by atoms with van der Waals surface area (Å²) in [5, 5.41) is 6.64. The molecule has 9 heteroatoms. The van der Waals surface area contributed by atoms with E-state index in [1.165, 1.54) is 0 Å². The van der Waals surface area contributed by atoms with Gasteiger partial charge in [-0.25, -0.2) is 9.55 Å². The second-order valence-electron chi connectivity index (χ2n) is 7.94. The fourth-order valence-electron chi connectivity index (χ4n) is 4.12. The molecule has 3 aromatic heterocycles. The van der Waals surface area contributed by atoms with Crippen LogP contribution in [-0.4, -0.2) is 54.8 Å². The van der Waals surface area contributed by atoms with Gasteiger partial charge in [-0.1, -0.05) is 0 Å². The number of nitrogens with zero attached hydrogens (tertiary/aromatic N) is 5. The quantitative estimate of drug-likeness (QED) is 0.441. The van der Waals surface area contributed by atoms with Crippen LogP contribution in [0.15, 0.2) is 55.2 Å². The van der Waals surface area contributed by atoms with E-state index in [0.29, 0.717) is 0 Å². The van der Waals surface area contributed by atoms with Crippen molar-refractivity contribution in [1.29, 1.82) is 0 Å². The molecule has 0 amide bonds. The summed E-state index contributed by atoms with van der Waals surface area (Å²) in [7, 11) is 5.59. The van der Waals surface area contributed by atoms with Gasteiger partial charge in [-0.3, -0.25) is 4.98 Å². The number of methoxy groups -OCH3 is 1. The lowest BCUT2D eigenvalue weighted by Gasteiger charge is -2.30. The molecule has 0 atom stereocenters. The third-order valence-electron chi connectivity index (χ3n) is 5.85. The van der Waals surface area contributed by atoms with Crippen molar-refractivity contribution >= 4 is 28.5 Å². The maximum atomic E-state index is 5.72. The van der Waals surface area contributed by atoms with Crippen molar-refractivity contribution in [3.8, 4) is 17.0 Å². The minimum Gasteiger partial charge on any atom is -0.495 e. The number of aromatic nitrogens is 4. The molecule has 170 valence electrons. The van der Waals surface area contributed by atoms with Crippen LogP contribution in [0.5, 0.6) is 5.75 Å². The Kier molecular flexibility index (Phi) is 5.70. The first-order chi connectivity index (χ1) is 16.2. The minimum absolute atomic E-state index is 0.728. The van der Waals surface area contributed by atoms with Crippen LogP contribution < -0.4 is 24.8 Å². The number of nitrogens with one attached hydrogen (secondary N) is 2. The lowest BCUT2D eigenvalue weighted by molar-refractivity contribution is -0.644. The molecule has 5 rings (SSSR count). The topological polar surface area (TPSA) is 79.8 Å². The highest BCUT2D eigenvalue weighted by Gasteiger charge is 2.20. The van der Waals surface area contributed by atoms with E-state index in [0.717, 1.165) is 71.8 Å². The van der Waals surface area contributed by atoms with Crippen molar-refractivity contribution in [3.05, 3.63) is 55.2 Å². The third-order valence-corrected chi connectivity index (χ3v) is 5.85. The van der Waals surface area contributed by atoms with Crippen LogP contribution in [0.4, 0.5) is 22.9 Å². The predicted octanol–water partition coefficient (Wildman–Crippen LogP) is 2.85. The Labute approximate surface area is 192 Å². The van der Waals surface area contributed by atoms with Gasteiger partial charge in [0.2, 0.25) is 5.82 Å². The molecule has 2 N–H and O–H groups in total. The Morgan fingerprint density at radius 1 is 1.12 bits per heavy atom. The summed E-state index contributed by atoms with van der Waals surface area (Å²) in [4.78, 5) is 11.6. The van der Waals surface area contributed by atoms with Crippen LogP contribution in [0.3, 0.4) is 0 Å². The first-order valence-electron chi connectivity index (χ1n) is 10.9. The maximum absolute atomic E-state index is 5.72. The van der Waals surface area contributed by atoms with E-state index in [9.17, 15) is 0 Å². The van der Waals surface area contributed by atoms with E-state index in [1.807, 2.05) is 55.6 Å². The summed E-state index contributed by atoms with van der Waals surface area (Å²) in [6.45, 7) is 3.17. The highest BCUT2D eigenvalue weighted by atomic mass is 16.5. The Hall–Kier alpha value is -3.85. The van der Waals surface area contributed by atoms with Gasteiger partial charge < -0.3 is 25.0 Å². The van der Waals surface area contributed by atoms with Gasteiger partial charge in [-0.05, 0) is 18.2 Å². The molecular formula is C24H28N7O2+. The summed E-state index contributed by atoms with van der Waals surface area (Å²) < 4.78 is 15.3. The zero-order chi connectivity index (χ0) is 22.8. The number of anilines is 4. The summed E-state index contributed by atoms with van der Waals surface area (Å²) in [6, 6.07) is 8.20. The van der Waals surface area contributed by atoms with Crippen molar-refractivity contribution in [2.24, 2.45) is 7.05 Å². The Bertz CT molecular complexity index is 1280. The lowest BCUT2D eigenvalue weighted by Crippen LogP contribution is -2.36. The lowest BCUT2D eigenvalue weighted by atomic mass is 10.2. The SMILES string of the molecule is CNc1cncc(-c2cn3cc[n+](C)c3c(Nc3ccc(N4CCOCC4)c(OC)c3)n2)c1. The van der Waals surface area contributed by atoms with E-state index in [2.05, 4.69) is 37.1 Å². The summed E-state index contributed by atoms with van der Waals surface area (Å²) >= 11 is 0. The number of benzene rings is 1. The molecule has 9 nitrogen and oxygen atoms in total. The molecule has 1 aromatic carbocycles. The first-order valence-corrected chi connectivity index (χ1v) is 10.9. The zero-order valence-corrected chi connectivity index (χ0v) is 19.1. The standard InChI is InChI=1S/C24H28N7O2/c1-25-19-12-17(14-26-15-19)20-16-31-7-6-29(2)24(31)23(28-20)27-18-4-5-21(22(13-18)32-3)30-8-10-33-11-9-30/h4-7,12-16,25H,8-11H2,1-3H3,(H,27,28)/q+1. The van der Waals surface area contributed by atoms with Crippen LogP contribution >= 0.6 is 0 Å². The van der Waals surface area contributed by atoms with Crippen molar-refractivity contribution in [2.75, 3.05) is 56.0 Å². The van der Waals surface area contributed by atoms with E-state index < -0.39 is 0 Å². The number of imidazole rings is 1. The second-order valence-corrected chi connectivity index (χ2v) is 7.94. The first kappa shape index (κ1) is 21.0. The molecule has 1 fully saturated rings. The molecule has 0 spiro atoms. The third kappa shape index (κ3) is 4.14. The van der Waals surface area contributed by atoms with Gasteiger partial charge in [0, 0.05) is 49.8 Å². The van der Waals surface area contributed by atoms with Gasteiger partial charge >= 0.3 is 5.65 Å². The van der Waals surface area contributed by atoms with E-state index in [4.69, 9.17) is 14.5 Å². The summed E-state index contributed by atoms with van der Waals surface area (Å²) in [6.07, 6.45) is 9.65. The van der Waals surface area contributed by atoms with Crippen LogP contribution in [0, 0.1) is 0 Å². The zero-order valence-electron chi connectivity index (χ0n) is 19.1. The highest BCUT2D eigenvalue weighted by Crippen LogP contribution is 2.33. The highest BCUT2D eigenvalue weighted by molar-refractivity contribution is 5.75. The fraction of sp³-hybridized carbons (Fsp3) is 0.292. The Morgan fingerprint density at radius 2 is 1.97 bits per heavy atom. The second kappa shape index (κ2) is 8.95. The molecule has 1 aliphatic heterocycles. The smallest absolute Gasteiger partial charge is 0.329 e. The van der Waals surface area contributed by atoms with E-state index in [-0.39, 0.29) is 0 Å². The minimum atomic E-state index is 0.728. The number of hydrogen-bond acceptors (Lipinski definition) is 7. The summed E-state index contributed by atoms with van der Waals surface area (Å²) in [5.41, 5.74) is 5.62. The average Bonchev–Trinajstić information content (AvgIpc) is 3.25. The van der Waals surface area contributed by atoms with Gasteiger partial charge in [-0.15, -0.1) is 0 Å². The van der Waals surface area contributed by atoms with Crippen LogP contribution in [0.2, 0.25) is 0 Å². The molecule has 1 saturated heterocycles. The molecule has 0 bridgehead atoms. The van der Waals surface area contributed by atoms with E-state index >= 15 is 0 Å².